The number of hydrogen-bond donors (Lipinski definition) is 3. The van der Waals surface area contributed by atoms with Crippen LogP contribution in [0.2, 0.25) is 5.02 Å². The van der Waals surface area contributed by atoms with Crippen LogP contribution >= 0.6 is 19.4 Å². The van der Waals surface area contributed by atoms with Gasteiger partial charge in [-0.05, 0) is 23.8 Å². The fourth-order valence-corrected chi connectivity index (χ4v) is 5.18. The number of primary amides is 1. The molecule has 4 rings (SSSR count). The zero-order valence-corrected chi connectivity index (χ0v) is 18.8. The molecular weight excluding hydrogens is 482 g/mol. The lowest BCUT2D eigenvalue weighted by molar-refractivity contribution is -0.765. The van der Waals surface area contributed by atoms with E-state index in [1.807, 2.05) is 0 Å². The van der Waals surface area contributed by atoms with E-state index < -0.39 is 56.8 Å². The van der Waals surface area contributed by atoms with Gasteiger partial charge < -0.3 is 20.7 Å². The number of pyridine rings is 1. The third-order valence-corrected chi connectivity index (χ3v) is 7.10. The van der Waals surface area contributed by atoms with Crippen molar-refractivity contribution >= 4 is 25.3 Å². The molecule has 2 aliphatic rings. The molecule has 13 heteroatoms. The summed E-state index contributed by atoms with van der Waals surface area (Å²) in [5.41, 5.74) is 5.96. The Kier molecular flexibility index (Phi) is 7.13. The van der Waals surface area contributed by atoms with Crippen molar-refractivity contribution in [3.8, 4) is 0 Å². The first-order valence-corrected chi connectivity index (χ1v) is 11.9. The molecule has 1 amide bonds. The average molecular weight is 504 g/mol. The molecule has 2 aromatic rings. The predicted octanol–water partition coefficient (Wildman–Crippen LogP) is 1.79. The van der Waals surface area contributed by atoms with Crippen molar-refractivity contribution < 1.29 is 46.8 Å². The van der Waals surface area contributed by atoms with Crippen molar-refractivity contribution in [2.75, 3.05) is 13.2 Å². The minimum atomic E-state index is -4.05. The molecule has 1 aromatic carbocycles. The van der Waals surface area contributed by atoms with E-state index in [0.29, 0.717) is 12.0 Å². The second kappa shape index (κ2) is 9.73. The number of halogens is 2. The summed E-state index contributed by atoms with van der Waals surface area (Å²) in [5, 5.41) is 20.7. The number of amides is 1. The van der Waals surface area contributed by atoms with Gasteiger partial charge in [0.1, 0.15) is 23.6 Å². The number of nitrogens with zero attached hydrogens (tertiary/aromatic N) is 1. The molecule has 33 heavy (non-hydrogen) atoms. The summed E-state index contributed by atoms with van der Waals surface area (Å²) in [6.45, 7) is -0.370. The second-order valence-corrected chi connectivity index (χ2v) is 9.61. The first-order chi connectivity index (χ1) is 15.7. The highest BCUT2D eigenvalue weighted by molar-refractivity contribution is 7.48. The Morgan fingerprint density at radius 1 is 1.33 bits per heavy atom. The summed E-state index contributed by atoms with van der Waals surface area (Å²) < 4.78 is 49.5. The van der Waals surface area contributed by atoms with Crippen LogP contribution in [0.15, 0.2) is 42.7 Å². The Balaban J connectivity index is 1.41. The maximum atomic E-state index is 13.4. The van der Waals surface area contributed by atoms with Crippen LogP contribution in [0.5, 0.6) is 0 Å². The maximum Gasteiger partial charge on any atom is 0.475 e. The Labute approximate surface area is 193 Å². The van der Waals surface area contributed by atoms with E-state index in [-0.39, 0.29) is 17.2 Å². The van der Waals surface area contributed by atoms with E-state index in [2.05, 4.69) is 0 Å². The number of ether oxygens (including phenoxy) is 1. The third kappa shape index (κ3) is 5.26. The highest BCUT2D eigenvalue weighted by Gasteiger charge is 2.49. The summed E-state index contributed by atoms with van der Waals surface area (Å²) >= 11 is 5.81. The number of benzene rings is 1. The number of carbonyl (C=O) groups excluding carboxylic acids is 1. The molecular formula is C20H22ClFN2O8P+. The van der Waals surface area contributed by atoms with Crippen LogP contribution in [0, 0.1) is 5.82 Å². The van der Waals surface area contributed by atoms with Crippen molar-refractivity contribution in [2.24, 2.45) is 5.73 Å². The smallest absolute Gasteiger partial charge is 0.387 e. The van der Waals surface area contributed by atoms with Gasteiger partial charge in [-0.3, -0.25) is 18.4 Å². The third-order valence-electron chi connectivity index (χ3n) is 5.34. The van der Waals surface area contributed by atoms with E-state index >= 15 is 0 Å². The molecule has 4 N–H and O–H groups in total. The summed E-state index contributed by atoms with van der Waals surface area (Å²) in [6.07, 6.45) is -2.33. The lowest BCUT2D eigenvalue weighted by Crippen LogP contribution is -2.46. The molecule has 6 atom stereocenters. The van der Waals surface area contributed by atoms with E-state index in [1.54, 1.807) is 0 Å². The van der Waals surface area contributed by atoms with Gasteiger partial charge in [0.15, 0.2) is 18.5 Å². The topological polar surface area (TPSA) is 141 Å². The van der Waals surface area contributed by atoms with Gasteiger partial charge in [0.05, 0.1) is 24.3 Å². The fraction of sp³-hybridized carbons (Fsp3) is 0.400. The minimum absolute atomic E-state index is 0.0476. The van der Waals surface area contributed by atoms with Crippen LogP contribution in [0.3, 0.4) is 0 Å². The highest BCUT2D eigenvalue weighted by atomic mass is 35.5. The standard InChI is InChI=1S/C20H21ClFN2O8P/c21-13-8-11(3-4-14(13)22)15-5-7-29-33(28,32-15)30-10-16-17(25)18(26)20(31-16)24-6-1-2-12(9-24)19(23)27/h1-4,6,8-9,15-18,20,25-26H,5,7,10H2,(H-,23,27)/p+1/t15?,16?,17-,18-,20-,33?/m1/s1. The van der Waals surface area contributed by atoms with Crippen molar-refractivity contribution in [1.29, 1.82) is 0 Å². The summed E-state index contributed by atoms with van der Waals surface area (Å²) in [5.74, 6) is -1.26. The number of phosphoric ester groups is 1. The fourth-order valence-electron chi connectivity index (χ4n) is 3.59. The first-order valence-electron chi connectivity index (χ1n) is 10.0. The number of carbonyl (C=O) groups is 1. The van der Waals surface area contributed by atoms with Gasteiger partial charge in [0.2, 0.25) is 0 Å². The molecule has 1 aromatic heterocycles. The molecule has 178 valence electrons. The van der Waals surface area contributed by atoms with Gasteiger partial charge in [-0.25, -0.2) is 8.96 Å². The van der Waals surface area contributed by atoms with Crippen molar-refractivity contribution in [1.82, 2.24) is 0 Å². The molecule has 3 heterocycles. The van der Waals surface area contributed by atoms with Crippen molar-refractivity contribution in [3.05, 3.63) is 64.7 Å². The number of aromatic nitrogens is 1. The molecule has 0 saturated carbocycles. The monoisotopic (exact) mass is 503 g/mol. The van der Waals surface area contributed by atoms with Crippen LogP contribution < -0.4 is 10.3 Å². The van der Waals surface area contributed by atoms with E-state index in [9.17, 15) is 24.0 Å². The molecule has 2 fully saturated rings. The number of aliphatic hydroxyl groups is 2. The van der Waals surface area contributed by atoms with Crippen LogP contribution in [0.1, 0.15) is 34.7 Å². The van der Waals surface area contributed by atoms with Crippen LogP contribution in [-0.2, 0) is 22.9 Å². The second-order valence-electron chi connectivity index (χ2n) is 7.58. The Hall–Kier alpha value is -1.95. The average Bonchev–Trinajstić information content (AvgIpc) is 3.08. The summed E-state index contributed by atoms with van der Waals surface area (Å²) in [6, 6.07) is 7.04. The zero-order chi connectivity index (χ0) is 23.8. The number of hydrogen-bond acceptors (Lipinski definition) is 8. The maximum absolute atomic E-state index is 13.4. The molecule has 2 saturated heterocycles. The first kappa shape index (κ1) is 24.2. The lowest BCUT2D eigenvalue weighted by Gasteiger charge is -2.29. The van der Waals surface area contributed by atoms with Crippen molar-refractivity contribution in [3.63, 3.8) is 0 Å². The summed E-state index contributed by atoms with van der Waals surface area (Å²) in [4.78, 5) is 11.4. The molecule has 2 aliphatic heterocycles. The largest absolute Gasteiger partial charge is 0.475 e. The Morgan fingerprint density at radius 2 is 2.12 bits per heavy atom. The highest BCUT2D eigenvalue weighted by Crippen LogP contribution is 2.57. The number of aliphatic hydroxyl groups excluding tert-OH is 2. The predicted molar refractivity (Wildman–Crippen MR) is 110 cm³/mol. The van der Waals surface area contributed by atoms with Gasteiger partial charge >= 0.3 is 7.82 Å². The summed E-state index contributed by atoms with van der Waals surface area (Å²) in [7, 11) is -4.05. The quantitative estimate of drug-likeness (QED) is 0.400. The van der Waals surface area contributed by atoms with Gasteiger partial charge in [-0.15, -0.1) is 0 Å². The zero-order valence-electron chi connectivity index (χ0n) is 17.1. The van der Waals surface area contributed by atoms with Gasteiger partial charge in [-0.2, -0.15) is 4.57 Å². The minimum Gasteiger partial charge on any atom is -0.387 e. The SMILES string of the molecule is NC(=O)c1ccc[n+]([C@@H]2OC(COP3(=O)OCCC(c4ccc(F)c(Cl)c4)O3)[C@@H](O)[C@H]2O)c1. The lowest BCUT2D eigenvalue weighted by atomic mass is 10.1. The molecule has 3 unspecified atom stereocenters. The molecule has 0 spiro atoms. The number of rotatable bonds is 6. The van der Waals surface area contributed by atoms with Gasteiger partial charge in [0.25, 0.3) is 12.1 Å². The van der Waals surface area contributed by atoms with Crippen LogP contribution in [-0.4, -0.2) is 47.6 Å². The van der Waals surface area contributed by atoms with Crippen LogP contribution in [0.4, 0.5) is 4.39 Å². The Morgan fingerprint density at radius 3 is 2.85 bits per heavy atom. The molecule has 10 nitrogen and oxygen atoms in total. The van der Waals surface area contributed by atoms with E-state index in [1.165, 1.54) is 47.3 Å². The molecule has 0 radical (unpaired) electrons. The normalized spacial score (nSPS) is 32.1. The van der Waals surface area contributed by atoms with E-state index in [4.69, 9.17) is 35.6 Å². The number of phosphoric acid groups is 1. The van der Waals surface area contributed by atoms with Crippen molar-refractivity contribution in [2.45, 2.75) is 37.1 Å². The van der Waals surface area contributed by atoms with Gasteiger partial charge in [0, 0.05) is 12.5 Å². The van der Waals surface area contributed by atoms with Crippen LogP contribution in [0.25, 0.3) is 0 Å². The molecule has 0 bridgehead atoms. The van der Waals surface area contributed by atoms with E-state index in [0.717, 1.165) is 0 Å². The molecule has 0 aliphatic carbocycles. The Bertz CT molecular complexity index is 1090. The number of nitrogens with two attached hydrogens (primary N) is 1. The van der Waals surface area contributed by atoms with Gasteiger partial charge in [-0.1, -0.05) is 17.7 Å².